The first kappa shape index (κ1) is 27.1. The van der Waals surface area contributed by atoms with Gasteiger partial charge in [0.2, 0.25) is 0 Å². The van der Waals surface area contributed by atoms with E-state index in [4.69, 9.17) is 0 Å². The van der Waals surface area contributed by atoms with E-state index in [1.165, 1.54) is 12.8 Å². The zero-order valence-corrected chi connectivity index (χ0v) is 27.2. The van der Waals surface area contributed by atoms with Crippen LogP contribution in [0.4, 0.5) is 0 Å². The minimum atomic E-state index is -3.15. The third-order valence-corrected chi connectivity index (χ3v) is 35.8. The first-order valence-corrected chi connectivity index (χ1v) is 35.5. The molecule has 0 radical (unpaired) electrons. The Labute approximate surface area is 179 Å². The van der Waals surface area contributed by atoms with Gasteiger partial charge in [-0.25, -0.2) is 0 Å². The molecule has 2 aliphatic carbocycles. The van der Waals surface area contributed by atoms with Gasteiger partial charge < -0.3 is 0 Å². The van der Waals surface area contributed by atoms with E-state index in [2.05, 4.69) is 81.6 Å². The largest absolute Gasteiger partial charge is 0.147 e. The number of hydrogen-bond acceptors (Lipinski definition) is 0. The summed E-state index contributed by atoms with van der Waals surface area (Å²) < 4.78 is 9.22. The standard InChI is InChI=1S/2C9H15Si.2CH3.2ClH.Hf.H2Si/c2*1-8-5-6-9(7-8)10(2,3)4;;;;;;/h2*7H,6H2,1-4H3;2*1H3;2*1H;;1H2. The van der Waals surface area contributed by atoms with Gasteiger partial charge in [-0.2, -0.15) is 0 Å². The first-order valence-electron chi connectivity index (χ1n) is 9.42. The Kier molecular flexibility index (Phi) is 8.39. The van der Waals surface area contributed by atoms with Crippen LogP contribution in [0.2, 0.25) is 48.6 Å². The fourth-order valence-electron chi connectivity index (χ4n) is 4.44. The van der Waals surface area contributed by atoms with Crippen LogP contribution in [0.1, 0.15) is 26.7 Å². The summed E-state index contributed by atoms with van der Waals surface area (Å²) in [5.74, 6) is 0. The van der Waals surface area contributed by atoms with E-state index in [1.807, 2.05) is 6.66 Å². The van der Waals surface area contributed by atoms with Crippen molar-refractivity contribution >= 4 is 47.9 Å². The molecule has 0 N–H and O–H groups in total. The predicted molar refractivity (Wildman–Crippen MR) is 132 cm³/mol. The van der Waals surface area contributed by atoms with E-state index in [-0.39, 0.29) is 24.8 Å². The van der Waals surface area contributed by atoms with E-state index in [0.717, 1.165) is 0 Å². The molecule has 0 unspecified atom stereocenters. The third-order valence-electron chi connectivity index (χ3n) is 6.33. The summed E-state index contributed by atoms with van der Waals surface area (Å²) in [4.78, 5) is 0. The molecule has 26 heavy (non-hydrogen) atoms. The summed E-state index contributed by atoms with van der Waals surface area (Å²) >= 11 is -3.15. The van der Waals surface area contributed by atoms with Gasteiger partial charge in [-0.3, -0.25) is 0 Å². The third kappa shape index (κ3) is 5.15. The molecule has 0 spiro atoms. The van der Waals surface area contributed by atoms with Gasteiger partial charge in [-0.15, -0.1) is 24.8 Å². The van der Waals surface area contributed by atoms with Crippen LogP contribution in [0.25, 0.3) is 0 Å². The molecule has 2 aliphatic rings. The Morgan fingerprint density at radius 2 is 1.00 bits per heavy atom. The van der Waals surface area contributed by atoms with Gasteiger partial charge in [-0.1, -0.05) is 0 Å². The molecule has 0 saturated heterocycles. The van der Waals surface area contributed by atoms with Crippen LogP contribution in [0.5, 0.6) is 0 Å². The van der Waals surface area contributed by atoms with Crippen LogP contribution in [-0.4, -0.2) is 23.1 Å². The van der Waals surface area contributed by atoms with Gasteiger partial charge in [0.05, 0.1) is 0 Å². The molecule has 0 heterocycles. The number of rotatable bonds is 4. The average Bonchev–Trinajstić information content (AvgIpc) is 2.91. The Morgan fingerprint density at radius 3 is 1.19 bits per heavy atom. The predicted octanol–water partition coefficient (Wildman–Crippen LogP) is 7.13. The molecule has 0 aromatic carbocycles. The monoisotopic (exact) mass is 614 g/mol. The summed E-state index contributed by atoms with van der Waals surface area (Å²) in [5.41, 5.74) is 3.26. The Balaban J connectivity index is 0.00000312. The van der Waals surface area contributed by atoms with Crippen LogP contribution in [0.15, 0.2) is 40.4 Å². The summed E-state index contributed by atoms with van der Waals surface area (Å²) in [7, 11) is -2.37. The van der Waals surface area contributed by atoms with Gasteiger partial charge in [-0.05, 0) is 0 Å². The topological polar surface area (TPSA) is 0 Å². The summed E-state index contributed by atoms with van der Waals surface area (Å²) in [6.07, 6.45) is 7.76. The molecule has 0 saturated carbocycles. The van der Waals surface area contributed by atoms with Gasteiger partial charge in [0, 0.05) is 0 Å². The summed E-state index contributed by atoms with van der Waals surface area (Å²) in [6.45, 7) is 22.3. The van der Waals surface area contributed by atoms with Crippen LogP contribution < -0.4 is 0 Å². The van der Waals surface area contributed by atoms with E-state index >= 15 is 0 Å². The van der Waals surface area contributed by atoms with Crippen molar-refractivity contribution in [2.45, 2.75) is 75.3 Å². The molecular weight excluding hydrogens is 574 g/mol. The SMILES string of the molecule is CC1=[C]([Hf]([CH3])([CH3])(=[SiH2])[C]2=C(C)C=C([Si](C)(C)C)C2)CC([Si](C)(C)C)=C1.Cl.Cl. The quantitative estimate of drug-likeness (QED) is 0.296. The molecule has 6 heteroatoms. The van der Waals surface area contributed by atoms with Crippen molar-refractivity contribution in [1.82, 2.24) is 0 Å². The smallest absolute Gasteiger partial charge is 0.147 e. The second-order valence-corrected chi connectivity index (χ2v) is 62.5. The second-order valence-electron chi connectivity index (χ2n) is 11.2. The second kappa shape index (κ2) is 8.06. The maximum Gasteiger partial charge on any atom is -0.147 e. The van der Waals surface area contributed by atoms with E-state index in [1.54, 1.807) is 21.5 Å². The molecule has 150 valence electrons. The molecule has 0 aromatic heterocycles. The number of allylic oxidation sites excluding steroid dienone is 8. The molecular formula is C20H40Cl2HfSi3. The fraction of sp³-hybridized carbons (Fsp3) is 0.600. The van der Waals surface area contributed by atoms with Crippen LogP contribution >= 0.6 is 24.8 Å². The molecule has 0 aliphatic heterocycles. The zero-order valence-electron chi connectivity index (χ0n) is 18.6. The molecule has 0 bridgehead atoms. The van der Waals surface area contributed by atoms with Crippen molar-refractivity contribution in [3.63, 3.8) is 0 Å². The normalized spacial score (nSPS) is 19.2. The summed E-state index contributed by atoms with van der Waals surface area (Å²) in [5, 5.41) is 3.56. The maximum absolute atomic E-state index is 3.15. The Bertz CT molecular complexity index is 719. The maximum atomic E-state index is 2.72. The van der Waals surface area contributed by atoms with Gasteiger partial charge in [0.1, 0.15) is 0 Å². The molecule has 0 nitrogen and oxygen atoms in total. The van der Waals surface area contributed by atoms with Crippen molar-refractivity contribution < 1.29 is 17.1 Å². The van der Waals surface area contributed by atoms with Gasteiger partial charge in [0.25, 0.3) is 0 Å². The van der Waals surface area contributed by atoms with E-state index in [9.17, 15) is 0 Å². The van der Waals surface area contributed by atoms with Crippen molar-refractivity contribution in [1.29, 1.82) is 0 Å². The van der Waals surface area contributed by atoms with Gasteiger partial charge in [0.15, 0.2) is 0 Å². The molecule has 0 amide bonds. The van der Waals surface area contributed by atoms with Crippen molar-refractivity contribution in [2.24, 2.45) is 0 Å². The minimum Gasteiger partial charge on any atom is -0.147 e. The molecule has 0 atom stereocenters. The first-order chi connectivity index (χ1) is 10.5. The molecule has 0 aromatic rings. The zero-order chi connectivity index (χ0) is 18.7. The molecule has 0 fully saturated rings. The van der Waals surface area contributed by atoms with Crippen molar-refractivity contribution in [2.75, 3.05) is 0 Å². The van der Waals surface area contributed by atoms with Crippen molar-refractivity contribution in [3.05, 3.63) is 40.4 Å². The van der Waals surface area contributed by atoms with Gasteiger partial charge >= 0.3 is 156 Å². The van der Waals surface area contributed by atoms with E-state index < -0.39 is 33.3 Å². The van der Waals surface area contributed by atoms with Crippen LogP contribution in [-0.2, 0) is 17.1 Å². The Hall–Kier alpha value is 1.06. The average molecular weight is 614 g/mol. The fourth-order valence-corrected chi connectivity index (χ4v) is 31.4. The van der Waals surface area contributed by atoms with E-state index in [0.29, 0.717) is 0 Å². The van der Waals surface area contributed by atoms with Crippen LogP contribution in [0, 0.1) is 0 Å². The Morgan fingerprint density at radius 1 is 0.731 bits per heavy atom. The number of halogens is 2. The number of hydrogen-bond donors (Lipinski definition) is 0. The van der Waals surface area contributed by atoms with Crippen LogP contribution in [0.3, 0.4) is 0 Å². The minimum absolute atomic E-state index is 0. The molecule has 2 rings (SSSR count). The summed E-state index contributed by atoms with van der Waals surface area (Å²) in [6, 6.07) is 0. The van der Waals surface area contributed by atoms with Crippen molar-refractivity contribution in [3.8, 4) is 0 Å².